The summed E-state index contributed by atoms with van der Waals surface area (Å²) < 4.78 is 5.29. The number of ether oxygens (including phenoxy) is 1. The quantitative estimate of drug-likeness (QED) is 0.590. The van der Waals surface area contributed by atoms with Gasteiger partial charge in [0, 0.05) is 11.3 Å². The zero-order valence-corrected chi connectivity index (χ0v) is 9.29. The zero-order chi connectivity index (χ0) is 10.8. The molecule has 1 aromatic carbocycles. The van der Waals surface area contributed by atoms with Crippen LogP contribution in [0.2, 0.25) is 0 Å². The highest BCUT2D eigenvalue weighted by molar-refractivity contribution is 5.51. The van der Waals surface area contributed by atoms with E-state index in [2.05, 4.69) is 13.8 Å². The minimum Gasteiger partial charge on any atom is -0.398 e. The van der Waals surface area contributed by atoms with Crippen molar-refractivity contribution in [3.63, 3.8) is 0 Å². The molecular weight excluding hydrogens is 174 g/mol. The van der Waals surface area contributed by atoms with E-state index in [1.165, 1.54) is 0 Å². The van der Waals surface area contributed by atoms with Crippen molar-refractivity contribution in [2.24, 2.45) is 0 Å². The van der Waals surface area contributed by atoms with Crippen molar-refractivity contribution in [1.29, 1.82) is 0 Å². The summed E-state index contributed by atoms with van der Waals surface area (Å²) in [5.41, 5.74) is 7.72. The first-order valence-corrected chi connectivity index (χ1v) is 4.73. The van der Waals surface area contributed by atoms with E-state index in [0.717, 1.165) is 17.4 Å². The number of hydrogen-bond acceptors (Lipinski definition) is 2. The van der Waals surface area contributed by atoms with Crippen molar-refractivity contribution in [2.45, 2.75) is 26.2 Å². The van der Waals surface area contributed by atoms with Gasteiger partial charge < -0.3 is 5.73 Å². The third kappa shape index (κ3) is 1.85. The molecule has 1 aromatic rings. The molecule has 0 atom stereocenters. The average molecular weight is 192 g/mol. The van der Waals surface area contributed by atoms with Crippen LogP contribution in [-0.2, 0) is 10.2 Å². The Hall–Kier alpha value is -1.15. The third-order valence-electron chi connectivity index (χ3n) is 2.82. The predicted molar refractivity (Wildman–Crippen MR) is 59.8 cm³/mol. The standard InChI is InChI=1S/C12H18NO/c1-9(14-4)12(2,3)10-7-5-6-8-11(10)13/h5-8H,13H2,1-4H3/q+1. The molecule has 0 aliphatic heterocycles. The molecule has 0 amide bonds. The zero-order valence-electron chi connectivity index (χ0n) is 9.29. The van der Waals surface area contributed by atoms with Crippen LogP contribution in [0, 0.1) is 6.10 Å². The number of hydrogen-bond donors (Lipinski definition) is 1. The highest BCUT2D eigenvalue weighted by atomic mass is 16.5. The summed E-state index contributed by atoms with van der Waals surface area (Å²) in [4.78, 5) is 0. The fourth-order valence-electron chi connectivity index (χ4n) is 1.51. The maximum Gasteiger partial charge on any atom is 0.247 e. The molecule has 0 aliphatic carbocycles. The van der Waals surface area contributed by atoms with Gasteiger partial charge in [0.15, 0.2) is 5.41 Å². The molecule has 0 saturated heterocycles. The topological polar surface area (TPSA) is 35.2 Å². The van der Waals surface area contributed by atoms with Gasteiger partial charge in [-0.15, -0.1) is 0 Å². The summed E-state index contributed by atoms with van der Waals surface area (Å²) in [6.07, 6.45) is 0.968. The van der Waals surface area contributed by atoms with Gasteiger partial charge in [-0.1, -0.05) is 18.2 Å². The van der Waals surface area contributed by atoms with Crippen molar-refractivity contribution < 1.29 is 4.74 Å². The first kappa shape index (κ1) is 10.9. The van der Waals surface area contributed by atoms with Crippen LogP contribution in [0.1, 0.15) is 26.3 Å². The minimum absolute atomic E-state index is 0.139. The van der Waals surface area contributed by atoms with Gasteiger partial charge in [-0.25, -0.2) is 0 Å². The molecule has 1 rings (SSSR count). The van der Waals surface area contributed by atoms with Crippen LogP contribution >= 0.6 is 0 Å². The van der Waals surface area contributed by atoms with E-state index in [4.69, 9.17) is 10.5 Å². The number of nitrogens with two attached hydrogens (primary N) is 1. The second-order valence-corrected chi connectivity index (χ2v) is 3.97. The molecule has 0 heterocycles. The van der Waals surface area contributed by atoms with Crippen LogP contribution in [0.15, 0.2) is 24.3 Å². The molecule has 0 unspecified atom stereocenters. The summed E-state index contributed by atoms with van der Waals surface area (Å²) in [7, 11) is 1.69. The molecule has 0 saturated carbocycles. The van der Waals surface area contributed by atoms with E-state index >= 15 is 0 Å². The van der Waals surface area contributed by atoms with Crippen LogP contribution in [-0.4, -0.2) is 7.11 Å². The Morgan fingerprint density at radius 3 is 2.36 bits per heavy atom. The van der Waals surface area contributed by atoms with Crippen molar-refractivity contribution in [3.8, 4) is 0 Å². The molecule has 2 N–H and O–H groups in total. The molecular formula is C12H18NO+. The van der Waals surface area contributed by atoms with Gasteiger partial charge in [0.05, 0.1) is 7.11 Å². The fraction of sp³-hybridized carbons (Fsp3) is 0.417. The molecule has 0 fully saturated rings. The van der Waals surface area contributed by atoms with Crippen molar-refractivity contribution >= 4 is 5.69 Å². The predicted octanol–water partition coefficient (Wildman–Crippen LogP) is 2.74. The molecule has 0 aromatic heterocycles. The lowest BCUT2D eigenvalue weighted by molar-refractivity contribution is 0.158. The van der Waals surface area contributed by atoms with Gasteiger partial charge >= 0.3 is 0 Å². The first-order valence-electron chi connectivity index (χ1n) is 4.73. The van der Waals surface area contributed by atoms with Crippen LogP contribution < -0.4 is 5.73 Å². The number of para-hydroxylation sites is 1. The molecule has 2 nitrogen and oxygen atoms in total. The Kier molecular flexibility index (Phi) is 3.06. The van der Waals surface area contributed by atoms with E-state index in [1.807, 2.05) is 31.2 Å². The van der Waals surface area contributed by atoms with E-state index in [0.29, 0.717) is 0 Å². The molecule has 14 heavy (non-hydrogen) atoms. The Morgan fingerprint density at radius 1 is 1.29 bits per heavy atom. The monoisotopic (exact) mass is 192 g/mol. The molecule has 0 spiro atoms. The number of benzene rings is 1. The van der Waals surface area contributed by atoms with Crippen molar-refractivity contribution in [1.82, 2.24) is 0 Å². The van der Waals surface area contributed by atoms with Gasteiger partial charge in [0.1, 0.15) is 6.92 Å². The third-order valence-corrected chi connectivity index (χ3v) is 2.82. The fourth-order valence-corrected chi connectivity index (χ4v) is 1.51. The van der Waals surface area contributed by atoms with Gasteiger partial charge in [-0.3, -0.25) is 0 Å². The maximum atomic E-state index is 5.93. The summed E-state index contributed by atoms with van der Waals surface area (Å²) in [6, 6.07) is 7.89. The molecule has 0 bridgehead atoms. The minimum atomic E-state index is -0.139. The summed E-state index contributed by atoms with van der Waals surface area (Å²) in [5, 5.41) is 0. The lowest BCUT2D eigenvalue weighted by Gasteiger charge is -2.21. The van der Waals surface area contributed by atoms with E-state index in [-0.39, 0.29) is 5.41 Å². The van der Waals surface area contributed by atoms with Gasteiger partial charge in [0.25, 0.3) is 0 Å². The van der Waals surface area contributed by atoms with Gasteiger partial charge in [0.2, 0.25) is 6.10 Å². The maximum absolute atomic E-state index is 5.93. The first-order chi connectivity index (χ1) is 6.50. The molecule has 2 heteroatoms. The molecule has 0 aliphatic rings. The number of anilines is 1. The SMILES string of the molecule is CO[C+](C)C(C)(C)c1ccccc1N. The van der Waals surface area contributed by atoms with Crippen LogP contribution in [0.5, 0.6) is 0 Å². The lowest BCUT2D eigenvalue weighted by atomic mass is 9.79. The largest absolute Gasteiger partial charge is 0.398 e. The number of rotatable bonds is 3. The Morgan fingerprint density at radius 2 is 1.86 bits per heavy atom. The van der Waals surface area contributed by atoms with Gasteiger partial charge in [-0.2, -0.15) is 4.74 Å². The Balaban J connectivity index is 3.09. The van der Waals surface area contributed by atoms with E-state index in [1.54, 1.807) is 7.11 Å². The molecule has 76 valence electrons. The summed E-state index contributed by atoms with van der Waals surface area (Å²) in [5.74, 6) is 0. The Labute approximate surface area is 86.1 Å². The van der Waals surface area contributed by atoms with Crippen molar-refractivity contribution in [2.75, 3.05) is 12.8 Å². The average Bonchev–Trinajstić information content (AvgIpc) is 2.17. The summed E-state index contributed by atoms with van der Waals surface area (Å²) >= 11 is 0. The van der Waals surface area contributed by atoms with Crippen LogP contribution in [0.4, 0.5) is 5.69 Å². The Bertz CT molecular complexity index is 307. The van der Waals surface area contributed by atoms with Crippen molar-refractivity contribution in [3.05, 3.63) is 35.9 Å². The van der Waals surface area contributed by atoms with E-state index < -0.39 is 0 Å². The van der Waals surface area contributed by atoms with Crippen LogP contribution in [0.3, 0.4) is 0 Å². The summed E-state index contributed by atoms with van der Waals surface area (Å²) in [6.45, 7) is 6.20. The highest BCUT2D eigenvalue weighted by Crippen LogP contribution is 2.36. The number of nitrogen functional groups attached to an aromatic ring is 1. The van der Waals surface area contributed by atoms with Crippen LogP contribution in [0.25, 0.3) is 0 Å². The second-order valence-electron chi connectivity index (χ2n) is 3.97. The smallest absolute Gasteiger partial charge is 0.247 e. The van der Waals surface area contributed by atoms with E-state index in [9.17, 15) is 0 Å². The number of methoxy groups -OCH3 is 1. The lowest BCUT2D eigenvalue weighted by Crippen LogP contribution is -2.27. The van der Waals surface area contributed by atoms with Gasteiger partial charge in [-0.05, 0) is 19.9 Å². The second kappa shape index (κ2) is 3.93. The highest BCUT2D eigenvalue weighted by Gasteiger charge is 2.40. The molecule has 0 radical (unpaired) electrons. The normalized spacial score (nSPS) is 11.4.